The number of hydrogen-bond acceptors (Lipinski definition) is 24. The number of phosphoric ester groups is 1. The highest BCUT2D eigenvalue weighted by atomic mass is 31.3. The molecule has 12 atom stereocenters. The van der Waals surface area contributed by atoms with Crippen molar-refractivity contribution in [2.45, 2.75) is 49.1 Å². The lowest BCUT2D eigenvalue weighted by Crippen LogP contribution is -2.37. The second-order valence-corrected chi connectivity index (χ2v) is 19.3. The number of fused-ring (bicyclic) bond motifs is 1. The number of nitrogen functional groups attached to an aromatic ring is 1. The lowest BCUT2D eigenvalue weighted by atomic mass is 10.1. The number of imidazole rings is 1. The number of H-pyrrole nitrogens is 2. The molecule has 0 spiro atoms. The molecule has 2 aliphatic rings. The Labute approximate surface area is 321 Å². The Balaban J connectivity index is 1.39. The minimum atomic E-state index is -6.54. The first kappa shape index (κ1) is 46.7. The number of aromatic amines is 2. The van der Waals surface area contributed by atoms with Crippen LogP contribution in [0.25, 0.3) is 21.6 Å². The molecule has 2 fully saturated rings. The van der Waals surface area contributed by atoms with Crippen LogP contribution < -0.4 is 22.5 Å². The van der Waals surface area contributed by atoms with Crippen molar-refractivity contribution in [3.63, 3.8) is 0 Å². The fraction of sp³-hybridized carbons (Fsp3) is 0.526. The van der Waals surface area contributed by atoms with E-state index in [1.807, 2.05) is 0 Å². The first-order valence-electron chi connectivity index (χ1n) is 15.1. The first-order valence-corrected chi connectivity index (χ1v) is 22.6. The van der Waals surface area contributed by atoms with E-state index in [1.165, 1.54) is 0 Å². The van der Waals surface area contributed by atoms with E-state index in [-0.39, 0.29) is 11.2 Å². The van der Waals surface area contributed by atoms with Gasteiger partial charge in [-0.3, -0.25) is 37.7 Å². The van der Waals surface area contributed by atoms with Crippen molar-refractivity contribution in [2.24, 2.45) is 5.11 Å². The predicted molar refractivity (Wildman–Crippen MR) is 180 cm³/mol. The predicted octanol–water partition coefficient (Wildman–Crippen LogP) is -2.97. The van der Waals surface area contributed by atoms with Crippen molar-refractivity contribution >= 4 is 61.9 Å². The molecule has 328 valence electrons. The summed E-state index contributed by atoms with van der Waals surface area (Å²) in [5, 5.41) is 45.7. The van der Waals surface area contributed by atoms with E-state index in [9.17, 15) is 72.3 Å². The Morgan fingerprint density at radius 2 is 1.29 bits per heavy atom. The molecule has 0 saturated carbocycles. The van der Waals surface area contributed by atoms with Gasteiger partial charge in [0.1, 0.15) is 42.3 Å². The number of hydrogen-bond donors (Lipinski definition) is 12. The second kappa shape index (κ2) is 17.2. The topological polar surface area (TPSA) is 534 Å². The van der Waals surface area contributed by atoms with Gasteiger partial charge < -0.3 is 60.1 Å². The summed E-state index contributed by atoms with van der Waals surface area (Å²) in [5.41, 5.74) is 9.63. The number of aromatic nitrogens is 6. The van der Waals surface area contributed by atoms with Crippen LogP contribution in [0.3, 0.4) is 0 Å². The quantitative estimate of drug-likeness (QED) is 0.0278. The normalized spacial score (nSPS) is 29.0. The van der Waals surface area contributed by atoms with Gasteiger partial charge in [0, 0.05) is 11.1 Å². The van der Waals surface area contributed by atoms with Gasteiger partial charge in [-0.05, 0) is 5.53 Å². The van der Waals surface area contributed by atoms with E-state index in [2.05, 4.69) is 42.2 Å². The number of aliphatic hydroxyl groups is 4. The minimum absolute atomic E-state index is 0.275. The van der Waals surface area contributed by atoms with E-state index in [0.717, 1.165) is 10.9 Å². The van der Waals surface area contributed by atoms with Crippen molar-refractivity contribution < 1.29 is 103 Å². The summed E-state index contributed by atoms with van der Waals surface area (Å²) in [6.07, 6.45) is -14.2. The Bertz CT molecular complexity index is 2570. The monoisotopic (exact) mass is 950 g/mol. The Morgan fingerprint density at radius 1 is 0.780 bits per heavy atom. The average Bonchev–Trinajstić information content (AvgIpc) is 3.71. The van der Waals surface area contributed by atoms with Gasteiger partial charge in [-0.1, -0.05) is 5.11 Å². The van der Waals surface area contributed by atoms with Crippen LogP contribution in [0.5, 0.6) is 0 Å². The summed E-state index contributed by atoms with van der Waals surface area (Å²) in [4.78, 5) is 97.2. The van der Waals surface area contributed by atoms with Crippen LogP contribution in [0.1, 0.15) is 12.5 Å². The van der Waals surface area contributed by atoms with Crippen molar-refractivity contribution in [3.8, 4) is 0 Å². The highest BCUT2D eigenvalue weighted by molar-refractivity contribution is 7.71. The van der Waals surface area contributed by atoms with E-state index < -0.39 is 130 Å². The minimum Gasteiger partial charge on any atom is -0.387 e. The molecular weight excluding hydrogens is 923 g/mol. The van der Waals surface area contributed by atoms with Crippen LogP contribution in [0.15, 0.2) is 32.0 Å². The molecule has 0 aliphatic carbocycles. The molecule has 3 aromatic heterocycles. The van der Waals surface area contributed by atoms with Gasteiger partial charge in [0.15, 0.2) is 23.6 Å². The molecule has 0 amide bonds. The molecule has 3 aromatic rings. The molecule has 13 N–H and O–H groups in total. The van der Waals surface area contributed by atoms with Gasteiger partial charge in [-0.25, -0.2) is 32.6 Å². The largest absolute Gasteiger partial charge is 0.490 e. The number of aliphatic hydroxyl groups excluding tert-OH is 4. The van der Waals surface area contributed by atoms with Crippen molar-refractivity contribution in [3.05, 3.63) is 54.2 Å². The first-order chi connectivity index (χ1) is 27.1. The molecule has 4 unspecified atom stereocenters. The fourth-order valence-corrected chi connectivity index (χ4v) is 11.5. The van der Waals surface area contributed by atoms with Crippen LogP contribution in [0.2, 0.25) is 0 Å². The van der Waals surface area contributed by atoms with Gasteiger partial charge in [-0.2, -0.15) is 22.2 Å². The second-order valence-electron chi connectivity index (χ2n) is 11.5. The highest BCUT2D eigenvalue weighted by Crippen LogP contribution is 2.74. The molecular formula is C19H27N10O25P5. The maximum Gasteiger partial charge on any atom is 0.490 e. The zero-order chi connectivity index (χ0) is 44.0. The summed E-state index contributed by atoms with van der Waals surface area (Å²) in [5.74, 6) is -0.407. The Morgan fingerprint density at radius 3 is 1.81 bits per heavy atom. The lowest BCUT2D eigenvalue weighted by molar-refractivity contribution is -0.0624. The SMILES string of the molecule is [N-]=[N+]=Nc1cn([C@@H]2O[C@H](COP(=O)(OC[C@H]3O[C@@H](n4cnc5c(=O)[nH]c(N)nc54)[C@H](O)[C@@H]3O)OP(=O)(O)OP(=O)(O)OP(=O)(O)OP(=O)(O)O)[C@@H](O)[C@H]2O)c(=O)[nH]c1=O. The third-order valence-electron chi connectivity index (χ3n) is 7.39. The van der Waals surface area contributed by atoms with Gasteiger partial charge in [0.25, 0.3) is 11.1 Å². The van der Waals surface area contributed by atoms with E-state index in [0.29, 0.717) is 10.8 Å². The van der Waals surface area contributed by atoms with Crippen LogP contribution in [-0.4, -0.2) is 124 Å². The lowest BCUT2D eigenvalue weighted by Gasteiger charge is -2.24. The number of nitrogens with zero attached hydrogens (tertiary/aromatic N) is 7. The summed E-state index contributed by atoms with van der Waals surface area (Å²) in [7, 11) is -31.3. The van der Waals surface area contributed by atoms with Crippen molar-refractivity contribution in [1.29, 1.82) is 0 Å². The fourth-order valence-electron chi connectivity index (χ4n) is 5.09. The molecule has 0 bridgehead atoms. The molecule has 2 saturated heterocycles. The van der Waals surface area contributed by atoms with E-state index >= 15 is 0 Å². The standard InChI is InChI=1S/C19H27N10O25P5/c20-18-23-13-8(15(35)24-18)22-4-29(13)17-12(33)10(31)7(50-17)3-48-59(46,54-58(44,45)53-57(42,43)52-56(40,41)51-55(37,38)39)47-2-6-9(30)11(32)16(49-6)28-1-5(26-27-21)14(34)25-19(28)36/h1,4,6-7,9-12,16-17,30-33H,2-3H2,(H,40,41)(H,42,43)(H,44,45)(H,25,34,36)(H2,37,38,39)(H3,20,23,24,35)/t6-,7-,9-,10-,11-,12-,16-,17-,59?/m1/s1. The summed E-state index contributed by atoms with van der Waals surface area (Å²) in [6.45, 7) is -2.71. The van der Waals surface area contributed by atoms with Gasteiger partial charge in [-0.15, -0.1) is 0 Å². The third kappa shape index (κ3) is 11.1. The molecule has 5 rings (SSSR count). The molecule has 0 radical (unpaired) electrons. The number of phosphoric acid groups is 5. The summed E-state index contributed by atoms with van der Waals surface area (Å²) >= 11 is 0. The number of nitrogens with one attached hydrogen (secondary N) is 2. The average molecular weight is 950 g/mol. The highest BCUT2D eigenvalue weighted by Gasteiger charge is 2.52. The van der Waals surface area contributed by atoms with Gasteiger partial charge in [0.05, 0.1) is 19.5 Å². The molecule has 5 heterocycles. The molecule has 0 aromatic carbocycles. The van der Waals surface area contributed by atoms with Crippen LogP contribution >= 0.6 is 39.1 Å². The Hall–Kier alpha value is -3.39. The smallest absolute Gasteiger partial charge is 0.387 e. The number of anilines is 1. The van der Waals surface area contributed by atoms with Crippen molar-refractivity contribution in [2.75, 3.05) is 18.9 Å². The van der Waals surface area contributed by atoms with Crippen molar-refractivity contribution in [1.82, 2.24) is 29.1 Å². The molecule has 59 heavy (non-hydrogen) atoms. The number of rotatable bonds is 17. The molecule has 35 nitrogen and oxygen atoms in total. The number of nitrogens with two attached hydrogens (primary N) is 1. The number of ether oxygens (including phenoxy) is 2. The summed E-state index contributed by atoms with van der Waals surface area (Å²) in [6, 6.07) is 0. The maximum atomic E-state index is 13.9. The zero-order valence-corrected chi connectivity index (χ0v) is 32.7. The Kier molecular flexibility index (Phi) is 13.6. The summed E-state index contributed by atoms with van der Waals surface area (Å²) < 4.78 is 98.4. The van der Waals surface area contributed by atoms with E-state index in [4.69, 9.17) is 39.6 Å². The van der Waals surface area contributed by atoms with Crippen LogP contribution in [0.4, 0.5) is 11.6 Å². The van der Waals surface area contributed by atoms with E-state index in [1.54, 1.807) is 4.98 Å². The third-order valence-corrected chi connectivity index (χ3v) is 14.9. The number of azide groups is 1. The van der Waals surface area contributed by atoms with Crippen LogP contribution in [-0.2, 0) is 58.6 Å². The van der Waals surface area contributed by atoms with Crippen LogP contribution in [0, 0.1) is 0 Å². The zero-order valence-electron chi connectivity index (χ0n) is 28.2. The van der Waals surface area contributed by atoms with Gasteiger partial charge in [0.2, 0.25) is 5.95 Å². The van der Waals surface area contributed by atoms with Gasteiger partial charge >= 0.3 is 44.8 Å². The molecule has 40 heteroatoms. The molecule has 2 aliphatic heterocycles. The maximum absolute atomic E-state index is 13.9.